The number of aromatic nitrogens is 3. The first-order chi connectivity index (χ1) is 9.19. The summed E-state index contributed by atoms with van der Waals surface area (Å²) in [5.74, 6) is 2.24. The van der Waals surface area contributed by atoms with Crippen LogP contribution in [0, 0.1) is 6.92 Å². The first-order valence-corrected chi connectivity index (χ1v) is 6.23. The van der Waals surface area contributed by atoms with Crippen molar-refractivity contribution in [1.29, 1.82) is 0 Å². The zero-order chi connectivity index (χ0) is 14.1. The maximum atomic E-state index is 12.1. The van der Waals surface area contributed by atoms with Gasteiger partial charge in [0.05, 0.1) is 6.67 Å². The van der Waals surface area contributed by atoms with Crippen LogP contribution in [0.2, 0.25) is 0 Å². The minimum absolute atomic E-state index is 0.343. The predicted molar refractivity (Wildman–Crippen MR) is 73.7 cm³/mol. The van der Waals surface area contributed by atoms with Gasteiger partial charge in [0, 0.05) is 20.1 Å². The van der Waals surface area contributed by atoms with E-state index in [9.17, 15) is 4.39 Å². The van der Waals surface area contributed by atoms with Crippen LogP contribution in [0.25, 0.3) is 0 Å². The molecule has 0 atom stereocenters. The van der Waals surface area contributed by atoms with Gasteiger partial charge in [-0.25, -0.2) is 4.99 Å². The van der Waals surface area contributed by atoms with Crippen LogP contribution in [0.4, 0.5) is 4.39 Å². The molecule has 1 aromatic rings. The molecular weight excluding hydrogens is 247 g/mol. The van der Waals surface area contributed by atoms with Crippen LogP contribution < -0.4 is 10.6 Å². The third-order valence-corrected chi connectivity index (χ3v) is 2.58. The van der Waals surface area contributed by atoms with Crippen molar-refractivity contribution in [3.63, 3.8) is 0 Å². The molecule has 7 heteroatoms. The summed E-state index contributed by atoms with van der Waals surface area (Å²) in [4.78, 5) is 4.38. The standard InChI is InChI=1S/C12H21FN6/c1-4-7-14-12(15-8-5-6-13)16-9-11-18-17-10(2)19(11)3/h4H,1,5-9H2,2-3H3,(H2,14,15,16). The van der Waals surface area contributed by atoms with Crippen LogP contribution >= 0.6 is 0 Å². The quantitative estimate of drug-likeness (QED) is 0.331. The van der Waals surface area contributed by atoms with E-state index in [1.165, 1.54) is 0 Å². The highest BCUT2D eigenvalue weighted by Gasteiger charge is 2.04. The second-order valence-electron chi connectivity index (χ2n) is 4.03. The number of nitrogens with one attached hydrogen (secondary N) is 2. The smallest absolute Gasteiger partial charge is 0.191 e. The Morgan fingerprint density at radius 3 is 2.84 bits per heavy atom. The van der Waals surface area contributed by atoms with Gasteiger partial charge in [0.25, 0.3) is 0 Å². The fourth-order valence-electron chi connectivity index (χ4n) is 1.36. The summed E-state index contributed by atoms with van der Waals surface area (Å²) < 4.78 is 13.9. The van der Waals surface area contributed by atoms with Crippen molar-refractivity contribution in [3.8, 4) is 0 Å². The molecule has 0 unspecified atom stereocenters. The summed E-state index contributed by atoms with van der Waals surface area (Å²) in [7, 11) is 1.90. The maximum absolute atomic E-state index is 12.1. The van der Waals surface area contributed by atoms with E-state index in [0.29, 0.717) is 32.0 Å². The van der Waals surface area contributed by atoms with Crippen LogP contribution in [-0.2, 0) is 13.6 Å². The van der Waals surface area contributed by atoms with E-state index < -0.39 is 0 Å². The van der Waals surface area contributed by atoms with Gasteiger partial charge in [-0.2, -0.15) is 0 Å². The van der Waals surface area contributed by atoms with Gasteiger partial charge in [0.15, 0.2) is 11.8 Å². The van der Waals surface area contributed by atoms with Crippen molar-refractivity contribution in [2.45, 2.75) is 19.9 Å². The highest BCUT2D eigenvalue weighted by atomic mass is 19.1. The Morgan fingerprint density at radius 2 is 2.26 bits per heavy atom. The van der Waals surface area contributed by atoms with Crippen LogP contribution in [0.1, 0.15) is 18.1 Å². The van der Waals surface area contributed by atoms with E-state index in [0.717, 1.165) is 11.6 Å². The molecule has 1 heterocycles. The molecule has 0 fully saturated rings. The molecule has 0 saturated carbocycles. The Balaban J connectivity index is 2.59. The molecule has 2 N–H and O–H groups in total. The fraction of sp³-hybridized carbons (Fsp3) is 0.583. The number of aryl methyl sites for hydroxylation is 1. The number of nitrogens with zero attached hydrogens (tertiary/aromatic N) is 4. The second kappa shape index (κ2) is 8.23. The monoisotopic (exact) mass is 268 g/mol. The summed E-state index contributed by atoms with van der Waals surface area (Å²) >= 11 is 0. The van der Waals surface area contributed by atoms with Gasteiger partial charge >= 0.3 is 0 Å². The summed E-state index contributed by atoms with van der Waals surface area (Å²) in [5, 5.41) is 14.1. The van der Waals surface area contributed by atoms with Gasteiger partial charge in [-0.1, -0.05) is 6.08 Å². The maximum Gasteiger partial charge on any atom is 0.191 e. The van der Waals surface area contributed by atoms with Gasteiger partial charge < -0.3 is 15.2 Å². The number of halogens is 1. The molecule has 0 saturated heterocycles. The highest BCUT2D eigenvalue weighted by Crippen LogP contribution is 1.98. The summed E-state index contributed by atoms with van der Waals surface area (Å²) in [6.07, 6.45) is 2.19. The lowest BCUT2D eigenvalue weighted by molar-refractivity contribution is 0.470. The Bertz CT molecular complexity index is 426. The number of aliphatic imine (C=N–C) groups is 1. The van der Waals surface area contributed by atoms with E-state index in [1.807, 2.05) is 18.5 Å². The lowest BCUT2D eigenvalue weighted by Crippen LogP contribution is -2.38. The molecule has 0 amide bonds. The largest absolute Gasteiger partial charge is 0.356 e. The number of hydrogen-bond donors (Lipinski definition) is 2. The van der Waals surface area contributed by atoms with Crippen LogP contribution in [0.3, 0.4) is 0 Å². The van der Waals surface area contributed by atoms with Crippen LogP contribution in [0.15, 0.2) is 17.6 Å². The van der Waals surface area contributed by atoms with Crippen molar-refractivity contribution >= 4 is 5.96 Å². The number of alkyl halides is 1. The molecule has 1 aromatic heterocycles. The van der Waals surface area contributed by atoms with Crippen molar-refractivity contribution in [1.82, 2.24) is 25.4 Å². The highest BCUT2D eigenvalue weighted by molar-refractivity contribution is 5.79. The Labute approximate surface area is 112 Å². The van der Waals surface area contributed by atoms with Crippen molar-refractivity contribution in [2.75, 3.05) is 19.8 Å². The summed E-state index contributed by atoms with van der Waals surface area (Å²) in [5.41, 5.74) is 0. The minimum Gasteiger partial charge on any atom is -0.356 e. The van der Waals surface area contributed by atoms with Gasteiger partial charge in [-0.15, -0.1) is 16.8 Å². The SMILES string of the molecule is C=CCNC(=NCc1nnc(C)n1C)NCCCF. The first kappa shape index (κ1) is 15.1. The molecule has 0 spiro atoms. The summed E-state index contributed by atoms with van der Waals surface area (Å²) in [6.45, 7) is 6.73. The second-order valence-corrected chi connectivity index (χ2v) is 4.03. The molecule has 0 aromatic carbocycles. The molecule has 0 aliphatic carbocycles. The molecule has 0 radical (unpaired) electrons. The molecule has 6 nitrogen and oxygen atoms in total. The third-order valence-electron chi connectivity index (χ3n) is 2.58. The van der Waals surface area contributed by atoms with Gasteiger partial charge in [-0.3, -0.25) is 4.39 Å². The fourth-order valence-corrected chi connectivity index (χ4v) is 1.36. The average molecular weight is 268 g/mol. The molecule has 0 bridgehead atoms. The third kappa shape index (κ3) is 5.07. The number of guanidine groups is 1. The zero-order valence-electron chi connectivity index (χ0n) is 11.5. The normalized spacial score (nSPS) is 11.4. The Hall–Kier alpha value is -1.92. The van der Waals surface area contributed by atoms with Crippen molar-refractivity contribution < 1.29 is 4.39 Å². The number of hydrogen-bond acceptors (Lipinski definition) is 3. The first-order valence-electron chi connectivity index (χ1n) is 6.23. The summed E-state index contributed by atoms with van der Waals surface area (Å²) in [6, 6.07) is 0. The lowest BCUT2D eigenvalue weighted by Gasteiger charge is -2.10. The van der Waals surface area contributed by atoms with Gasteiger partial charge in [-0.05, 0) is 13.3 Å². The van der Waals surface area contributed by atoms with E-state index in [-0.39, 0.29) is 6.67 Å². The lowest BCUT2D eigenvalue weighted by atomic mass is 10.4. The molecule has 0 aliphatic rings. The minimum atomic E-state index is -0.343. The van der Waals surface area contributed by atoms with Gasteiger partial charge in [0.2, 0.25) is 0 Å². The molecule has 106 valence electrons. The van der Waals surface area contributed by atoms with Crippen molar-refractivity contribution in [2.24, 2.45) is 12.0 Å². The van der Waals surface area contributed by atoms with E-state index in [4.69, 9.17) is 0 Å². The molecular formula is C12H21FN6. The average Bonchev–Trinajstić information content (AvgIpc) is 2.73. The Kier molecular flexibility index (Phi) is 6.56. The van der Waals surface area contributed by atoms with E-state index in [2.05, 4.69) is 32.4 Å². The molecule has 19 heavy (non-hydrogen) atoms. The van der Waals surface area contributed by atoms with Gasteiger partial charge in [0.1, 0.15) is 12.4 Å². The Morgan fingerprint density at radius 1 is 1.47 bits per heavy atom. The van der Waals surface area contributed by atoms with Crippen molar-refractivity contribution in [3.05, 3.63) is 24.3 Å². The topological polar surface area (TPSA) is 67.1 Å². The zero-order valence-corrected chi connectivity index (χ0v) is 11.5. The van der Waals surface area contributed by atoms with Crippen LogP contribution in [-0.4, -0.2) is 40.5 Å². The van der Waals surface area contributed by atoms with E-state index in [1.54, 1.807) is 6.08 Å². The molecule has 0 aliphatic heterocycles. The molecule has 1 rings (SSSR count). The van der Waals surface area contributed by atoms with E-state index >= 15 is 0 Å². The predicted octanol–water partition coefficient (Wildman–Crippen LogP) is 0.704. The number of rotatable bonds is 7. The van der Waals surface area contributed by atoms with Crippen LogP contribution in [0.5, 0.6) is 0 Å².